The average Bonchev–Trinajstić information content (AvgIpc) is 3.26. The number of nitrogens with zero attached hydrogens (tertiary/aromatic N) is 2. The summed E-state index contributed by atoms with van der Waals surface area (Å²) < 4.78 is 17.0. The van der Waals surface area contributed by atoms with Crippen LogP contribution in [0.1, 0.15) is 23.9 Å². The molecule has 0 saturated carbocycles. The maximum Gasteiger partial charge on any atom is 0.180 e. The van der Waals surface area contributed by atoms with Crippen LogP contribution in [-0.4, -0.2) is 23.7 Å². The molecule has 0 unspecified atom stereocenters. The lowest BCUT2D eigenvalue weighted by molar-refractivity contribution is 0.269. The van der Waals surface area contributed by atoms with Gasteiger partial charge in [0.05, 0.1) is 35.3 Å². The van der Waals surface area contributed by atoms with Crippen molar-refractivity contribution in [2.24, 2.45) is 0 Å². The zero-order valence-electron chi connectivity index (χ0n) is 18.6. The highest BCUT2D eigenvalue weighted by molar-refractivity contribution is 6.32. The molecule has 0 atom stereocenters. The second kappa shape index (κ2) is 10.5. The van der Waals surface area contributed by atoms with Crippen molar-refractivity contribution in [3.63, 3.8) is 0 Å². The van der Waals surface area contributed by atoms with Crippen LogP contribution in [0.15, 0.2) is 54.6 Å². The molecule has 0 aliphatic carbocycles. The van der Waals surface area contributed by atoms with E-state index < -0.39 is 0 Å². The third-order valence-electron chi connectivity index (χ3n) is 5.04. The smallest absolute Gasteiger partial charge is 0.180 e. The minimum Gasteiger partial charge on any atom is -0.497 e. The molecule has 0 radical (unpaired) electrons. The number of aromatic amines is 1. The Bertz CT molecular complexity index is 1410. The summed E-state index contributed by atoms with van der Waals surface area (Å²) in [4.78, 5) is 7.69. The number of nitriles is 1. The molecule has 1 aromatic heterocycles. The summed E-state index contributed by atoms with van der Waals surface area (Å²) >= 11 is 12.8. The first-order valence-electron chi connectivity index (χ1n) is 10.5. The zero-order chi connectivity index (χ0) is 24.1. The largest absolute Gasteiger partial charge is 0.497 e. The summed E-state index contributed by atoms with van der Waals surface area (Å²) in [6, 6.07) is 18.6. The van der Waals surface area contributed by atoms with E-state index in [4.69, 9.17) is 37.4 Å². The number of imidazole rings is 1. The van der Waals surface area contributed by atoms with Crippen LogP contribution in [0.4, 0.5) is 0 Å². The zero-order valence-corrected chi connectivity index (χ0v) is 20.1. The SMILES string of the molecule is CCOc1cc(/C=C(/C#N)c2nc3ccc(OC)cc3[nH]2)cc(Cl)c1OCc1ccccc1Cl. The van der Waals surface area contributed by atoms with Crippen LogP contribution in [0, 0.1) is 11.3 Å². The van der Waals surface area contributed by atoms with E-state index in [1.807, 2.05) is 43.3 Å². The normalized spacial score (nSPS) is 11.3. The Labute approximate surface area is 207 Å². The molecule has 0 aliphatic rings. The quantitative estimate of drug-likeness (QED) is 0.269. The number of methoxy groups -OCH3 is 1. The Morgan fingerprint density at radius 3 is 2.65 bits per heavy atom. The average molecular weight is 494 g/mol. The van der Waals surface area contributed by atoms with Gasteiger partial charge in [0.15, 0.2) is 11.5 Å². The van der Waals surface area contributed by atoms with Crippen LogP contribution in [0.25, 0.3) is 22.7 Å². The Morgan fingerprint density at radius 1 is 1.09 bits per heavy atom. The maximum atomic E-state index is 9.80. The van der Waals surface area contributed by atoms with Crippen LogP contribution in [0.5, 0.6) is 17.2 Å². The molecule has 34 heavy (non-hydrogen) atoms. The van der Waals surface area contributed by atoms with Crippen LogP contribution in [0.3, 0.4) is 0 Å². The summed E-state index contributed by atoms with van der Waals surface area (Å²) in [7, 11) is 1.60. The van der Waals surface area contributed by atoms with Crippen molar-refractivity contribution in [3.8, 4) is 23.3 Å². The number of benzene rings is 3. The number of aromatic nitrogens is 2. The van der Waals surface area contributed by atoms with Gasteiger partial charge >= 0.3 is 0 Å². The standard InChI is InChI=1S/C26H21Cl2N3O3/c1-3-33-24-12-16(11-21(28)25(24)34-15-17-6-4-5-7-20(17)27)10-18(14-29)26-30-22-9-8-19(32-2)13-23(22)31-26/h4-13H,3,15H2,1-2H3,(H,30,31)/b18-10-. The fourth-order valence-corrected chi connectivity index (χ4v) is 3.87. The summed E-state index contributed by atoms with van der Waals surface area (Å²) in [5.41, 5.74) is 3.35. The predicted octanol–water partition coefficient (Wildman–Crippen LogP) is 6.92. The van der Waals surface area contributed by atoms with Gasteiger partial charge in [-0.15, -0.1) is 0 Å². The fourth-order valence-electron chi connectivity index (χ4n) is 3.40. The van der Waals surface area contributed by atoms with Gasteiger partial charge in [-0.1, -0.05) is 41.4 Å². The van der Waals surface area contributed by atoms with Crippen molar-refractivity contribution < 1.29 is 14.2 Å². The lowest BCUT2D eigenvalue weighted by Gasteiger charge is -2.15. The van der Waals surface area contributed by atoms with Crippen molar-refractivity contribution in [3.05, 3.63) is 81.6 Å². The van der Waals surface area contributed by atoms with Gasteiger partial charge in [-0.25, -0.2) is 4.98 Å². The van der Waals surface area contributed by atoms with Crippen LogP contribution >= 0.6 is 23.2 Å². The van der Waals surface area contributed by atoms with Crippen molar-refractivity contribution in [1.29, 1.82) is 5.26 Å². The number of fused-ring (bicyclic) bond motifs is 1. The van der Waals surface area contributed by atoms with Crippen LogP contribution in [-0.2, 0) is 6.61 Å². The van der Waals surface area contributed by atoms with E-state index in [1.54, 1.807) is 31.4 Å². The van der Waals surface area contributed by atoms with Gasteiger partial charge in [0.1, 0.15) is 24.3 Å². The van der Waals surface area contributed by atoms with E-state index in [9.17, 15) is 5.26 Å². The van der Waals surface area contributed by atoms with E-state index in [0.717, 1.165) is 16.6 Å². The minimum atomic E-state index is 0.237. The fraction of sp³-hybridized carbons (Fsp3) is 0.154. The molecule has 0 saturated heterocycles. The summed E-state index contributed by atoms with van der Waals surface area (Å²) in [5, 5.41) is 10.8. The second-order valence-electron chi connectivity index (χ2n) is 7.28. The number of H-pyrrole nitrogens is 1. The summed E-state index contributed by atoms with van der Waals surface area (Å²) in [5.74, 6) is 2.03. The van der Waals surface area contributed by atoms with Gasteiger partial charge in [-0.05, 0) is 48.9 Å². The van der Waals surface area contributed by atoms with Crippen molar-refractivity contribution in [2.75, 3.05) is 13.7 Å². The van der Waals surface area contributed by atoms with Gasteiger partial charge in [-0.2, -0.15) is 5.26 Å². The Hall–Kier alpha value is -3.66. The molecule has 1 heterocycles. The summed E-state index contributed by atoms with van der Waals surface area (Å²) in [6.07, 6.45) is 1.70. The molecular weight excluding hydrogens is 473 g/mol. The van der Waals surface area contributed by atoms with E-state index in [-0.39, 0.29) is 6.61 Å². The topological polar surface area (TPSA) is 80.2 Å². The number of allylic oxidation sites excluding steroid dienone is 1. The number of rotatable bonds is 8. The first kappa shape index (κ1) is 23.5. The van der Waals surface area contributed by atoms with Gasteiger partial charge in [0.2, 0.25) is 0 Å². The molecule has 8 heteroatoms. The number of hydrogen-bond donors (Lipinski definition) is 1. The van der Waals surface area contributed by atoms with Gasteiger partial charge < -0.3 is 19.2 Å². The maximum absolute atomic E-state index is 9.80. The molecule has 1 N–H and O–H groups in total. The first-order valence-corrected chi connectivity index (χ1v) is 11.3. The van der Waals surface area contributed by atoms with Gasteiger partial charge in [-0.3, -0.25) is 0 Å². The number of halogens is 2. The number of hydrogen-bond acceptors (Lipinski definition) is 5. The van der Waals surface area contributed by atoms with Gasteiger partial charge in [0, 0.05) is 16.7 Å². The number of nitrogens with one attached hydrogen (secondary N) is 1. The Morgan fingerprint density at radius 2 is 1.91 bits per heavy atom. The lowest BCUT2D eigenvalue weighted by atomic mass is 10.1. The van der Waals surface area contributed by atoms with Crippen LogP contribution < -0.4 is 14.2 Å². The third kappa shape index (κ3) is 5.12. The molecule has 0 spiro atoms. The van der Waals surface area contributed by atoms with E-state index in [0.29, 0.717) is 50.9 Å². The monoisotopic (exact) mass is 493 g/mol. The molecule has 6 nitrogen and oxygen atoms in total. The summed E-state index contributed by atoms with van der Waals surface area (Å²) in [6.45, 7) is 2.53. The molecule has 0 fully saturated rings. The molecule has 0 bridgehead atoms. The van der Waals surface area contributed by atoms with E-state index >= 15 is 0 Å². The third-order valence-corrected chi connectivity index (χ3v) is 5.69. The minimum absolute atomic E-state index is 0.237. The molecule has 0 aliphatic heterocycles. The molecule has 0 amide bonds. The van der Waals surface area contributed by atoms with Crippen molar-refractivity contribution in [1.82, 2.24) is 9.97 Å². The molecule has 3 aromatic carbocycles. The molecule has 4 aromatic rings. The van der Waals surface area contributed by atoms with Crippen molar-refractivity contribution >= 4 is 45.9 Å². The first-order chi connectivity index (χ1) is 16.5. The van der Waals surface area contributed by atoms with E-state index in [2.05, 4.69) is 16.0 Å². The molecule has 4 rings (SSSR count). The Kier molecular flexibility index (Phi) is 7.27. The molecule has 172 valence electrons. The molecular formula is C26H21Cl2N3O3. The second-order valence-corrected chi connectivity index (χ2v) is 8.10. The number of ether oxygens (including phenoxy) is 3. The highest BCUT2D eigenvalue weighted by Gasteiger charge is 2.15. The van der Waals surface area contributed by atoms with Gasteiger partial charge in [0.25, 0.3) is 0 Å². The predicted molar refractivity (Wildman–Crippen MR) is 135 cm³/mol. The highest BCUT2D eigenvalue weighted by atomic mass is 35.5. The van der Waals surface area contributed by atoms with Crippen LogP contribution in [0.2, 0.25) is 10.0 Å². The highest BCUT2D eigenvalue weighted by Crippen LogP contribution is 2.38. The van der Waals surface area contributed by atoms with E-state index in [1.165, 1.54) is 0 Å². The Balaban J connectivity index is 1.66. The van der Waals surface area contributed by atoms with Crippen molar-refractivity contribution in [2.45, 2.75) is 13.5 Å². The lowest BCUT2D eigenvalue weighted by Crippen LogP contribution is -2.01.